The van der Waals surface area contributed by atoms with Gasteiger partial charge in [-0.05, 0) is 34.9 Å². The summed E-state index contributed by atoms with van der Waals surface area (Å²) in [6, 6.07) is 21.4. The molecule has 1 aliphatic rings. The fourth-order valence-corrected chi connectivity index (χ4v) is 4.30. The van der Waals surface area contributed by atoms with Crippen molar-refractivity contribution in [3.8, 4) is 0 Å². The molecule has 24 heavy (non-hydrogen) atoms. The van der Waals surface area contributed by atoms with Gasteiger partial charge in [-0.1, -0.05) is 54.6 Å². The quantitative estimate of drug-likeness (QED) is 0.799. The van der Waals surface area contributed by atoms with Gasteiger partial charge in [-0.25, -0.2) is 8.42 Å². The Labute approximate surface area is 140 Å². The number of nitrogens with one attached hydrogen (secondary N) is 1. The van der Waals surface area contributed by atoms with Gasteiger partial charge in [-0.2, -0.15) is 0 Å². The van der Waals surface area contributed by atoms with Crippen LogP contribution in [-0.2, 0) is 16.4 Å². The molecule has 1 N–H and O–H groups in total. The average Bonchev–Trinajstić information content (AvgIpc) is 2.86. The molecular formula is C19H16N2O2S. The summed E-state index contributed by atoms with van der Waals surface area (Å²) in [4.78, 5) is 4.79. The third-order valence-electron chi connectivity index (χ3n) is 4.19. The summed E-state index contributed by atoms with van der Waals surface area (Å²) in [5, 5.41) is 2.42. The molecule has 4 rings (SSSR count). The summed E-state index contributed by atoms with van der Waals surface area (Å²) < 4.78 is 26.7. The lowest BCUT2D eigenvalue weighted by molar-refractivity contribution is 0.595. The molecule has 5 heteroatoms. The van der Waals surface area contributed by atoms with Crippen molar-refractivity contribution >= 4 is 26.6 Å². The predicted molar refractivity (Wildman–Crippen MR) is 95.8 cm³/mol. The molecule has 0 saturated carbocycles. The van der Waals surface area contributed by atoms with E-state index in [2.05, 4.69) is 34.0 Å². The summed E-state index contributed by atoms with van der Waals surface area (Å²) in [5.41, 5.74) is 1.86. The molecule has 3 aromatic rings. The Bertz CT molecular complexity index is 1050. The minimum atomic E-state index is -3.47. The van der Waals surface area contributed by atoms with Crippen molar-refractivity contribution in [3.63, 3.8) is 0 Å². The number of rotatable bonds is 3. The van der Waals surface area contributed by atoms with Crippen molar-refractivity contribution in [2.75, 3.05) is 6.54 Å². The molecule has 120 valence electrons. The maximum Gasteiger partial charge on any atom is 0.263 e. The number of sulfonamides is 1. The van der Waals surface area contributed by atoms with Gasteiger partial charge in [-0.3, -0.25) is 9.71 Å². The Balaban J connectivity index is 1.61. The highest BCUT2D eigenvalue weighted by molar-refractivity contribution is 7.90. The second-order valence-corrected chi connectivity index (χ2v) is 7.37. The first-order valence-electron chi connectivity index (χ1n) is 7.78. The molecule has 0 radical (unpaired) electrons. The van der Waals surface area contributed by atoms with Crippen LogP contribution in [0, 0.1) is 0 Å². The van der Waals surface area contributed by atoms with Crippen LogP contribution >= 0.6 is 0 Å². The van der Waals surface area contributed by atoms with Crippen LogP contribution in [0.4, 0.5) is 0 Å². The van der Waals surface area contributed by atoms with E-state index < -0.39 is 10.0 Å². The van der Waals surface area contributed by atoms with Gasteiger partial charge in [0, 0.05) is 12.1 Å². The number of hydrogen-bond acceptors (Lipinski definition) is 3. The van der Waals surface area contributed by atoms with Crippen LogP contribution in [0.2, 0.25) is 0 Å². The molecule has 0 saturated heterocycles. The number of fused-ring (bicyclic) bond motifs is 2. The van der Waals surface area contributed by atoms with Crippen molar-refractivity contribution in [1.29, 1.82) is 0 Å². The molecule has 0 unspecified atom stereocenters. The van der Waals surface area contributed by atoms with Crippen molar-refractivity contribution in [1.82, 2.24) is 4.72 Å². The van der Waals surface area contributed by atoms with E-state index in [0.29, 0.717) is 22.8 Å². The van der Waals surface area contributed by atoms with Crippen LogP contribution < -0.4 is 4.72 Å². The lowest BCUT2D eigenvalue weighted by Gasteiger charge is -2.05. The monoisotopic (exact) mass is 336 g/mol. The third-order valence-corrected chi connectivity index (χ3v) is 5.59. The van der Waals surface area contributed by atoms with Gasteiger partial charge in [0.2, 0.25) is 0 Å². The number of aliphatic imine (C=N–C) groups is 1. The summed E-state index contributed by atoms with van der Waals surface area (Å²) in [5.74, 6) is 0.436. The first-order chi connectivity index (χ1) is 11.6. The van der Waals surface area contributed by atoms with Crippen LogP contribution in [0.25, 0.3) is 10.8 Å². The highest BCUT2D eigenvalue weighted by Gasteiger charge is 2.29. The molecule has 0 spiro atoms. The fourth-order valence-electron chi connectivity index (χ4n) is 3.05. The Morgan fingerprint density at radius 1 is 0.875 bits per heavy atom. The van der Waals surface area contributed by atoms with Gasteiger partial charge in [0.25, 0.3) is 10.0 Å². The summed E-state index contributed by atoms with van der Waals surface area (Å²) in [6.07, 6.45) is 0.759. The van der Waals surface area contributed by atoms with Gasteiger partial charge in [-0.15, -0.1) is 0 Å². The van der Waals surface area contributed by atoms with Crippen LogP contribution in [0.1, 0.15) is 11.1 Å². The van der Waals surface area contributed by atoms with E-state index in [0.717, 1.165) is 6.42 Å². The van der Waals surface area contributed by atoms with E-state index in [4.69, 9.17) is 0 Å². The summed E-state index contributed by atoms with van der Waals surface area (Å²) in [7, 11) is -3.47. The zero-order valence-electron chi connectivity index (χ0n) is 12.9. The van der Waals surface area contributed by atoms with Crippen molar-refractivity contribution in [3.05, 3.63) is 77.9 Å². The topological polar surface area (TPSA) is 58.5 Å². The Morgan fingerprint density at radius 3 is 2.54 bits per heavy atom. The van der Waals surface area contributed by atoms with Crippen LogP contribution in [0.3, 0.4) is 0 Å². The lowest BCUT2D eigenvalue weighted by Crippen LogP contribution is -2.22. The van der Waals surface area contributed by atoms with Gasteiger partial charge in [0.15, 0.2) is 0 Å². The smallest absolute Gasteiger partial charge is 0.263 e. The van der Waals surface area contributed by atoms with E-state index in [1.807, 2.05) is 24.3 Å². The maximum absolute atomic E-state index is 12.1. The maximum atomic E-state index is 12.1. The second-order valence-electron chi connectivity index (χ2n) is 5.72. The van der Waals surface area contributed by atoms with E-state index >= 15 is 0 Å². The first-order valence-corrected chi connectivity index (χ1v) is 9.27. The lowest BCUT2D eigenvalue weighted by atomic mass is 10.0. The van der Waals surface area contributed by atoms with E-state index in [-0.39, 0.29) is 0 Å². The summed E-state index contributed by atoms with van der Waals surface area (Å²) in [6.45, 7) is 0.528. The molecule has 1 aliphatic heterocycles. The molecule has 3 aromatic carbocycles. The van der Waals surface area contributed by atoms with Gasteiger partial charge >= 0.3 is 0 Å². The van der Waals surface area contributed by atoms with Crippen molar-refractivity contribution in [2.45, 2.75) is 11.3 Å². The first kappa shape index (κ1) is 14.9. The predicted octanol–water partition coefficient (Wildman–Crippen LogP) is 3.12. The molecule has 0 aromatic heterocycles. The standard InChI is InChI=1S/C19H16N2O2S/c22-24(23)18-11-4-3-10-17(18)19(21-24)20-13-12-15-8-5-7-14-6-1-2-9-16(14)15/h1-11H,12-13H2,(H,20,21). The highest BCUT2D eigenvalue weighted by Crippen LogP contribution is 2.23. The SMILES string of the molecule is O=S1(=O)NC(=NCCc2cccc3ccccc23)c2ccccc21. The summed E-state index contributed by atoms with van der Waals surface area (Å²) >= 11 is 0. The minimum absolute atomic E-state index is 0.300. The average molecular weight is 336 g/mol. The number of nitrogens with zero attached hydrogens (tertiary/aromatic N) is 1. The fraction of sp³-hybridized carbons (Fsp3) is 0.105. The van der Waals surface area contributed by atoms with E-state index in [9.17, 15) is 8.42 Å². The molecule has 4 nitrogen and oxygen atoms in total. The third kappa shape index (κ3) is 2.57. The largest absolute Gasteiger partial charge is 0.267 e. The molecular weight excluding hydrogens is 320 g/mol. The van der Waals surface area contributed by atoms with E-state index in [1.54, 1.807) is 18.2 Å². The molecule has 0 bridgehead atoms. The highest BCUT2D eigenvalue weighted by atomic mass is 32.2. The molecule has 0 fully saturated rings. The molecule has 0 aliphatic carbocycles. The molecule has 0 atom stereocenters. The van der Waals surface area contributed by atoms with Gasteiger partial charge in [0.05, 0.1) is 4.90 Å². The van der Waals surface area contributed by atoms with Crippen LogP contribution in [-0.4, -0.2) is 20.8 Å². The Morgan fingerprint density at radius 2 is 1.62 bits per heavy atom. The zero-order chi connectivity index (χ0) is 16.6. The van der Waals surface area contributed by atoms with Crippen LogP contribution in [0.15, 0.2) is 76.6 Å². The zero-order valence-corrected chi connectivity index (χ0v) is 13.8. The Hall–Kier alpha value is -2.66. The normalized spacial score (nSPS) is 16.9. The Kier molecular flexibility index (Phi) is 3.58. The van der Waals surface area contributed by atoms with Crippen molar-refractivity contribution in [2.24, 2.45) is 4.99 Å². The molecule has 0 amide bonds. The molecule has 1 heterocycles. The van der Waals surface area contributed by atoms with E-state index in [1.165, 1.54) is 16.3 Å². The number of hydrogen-bond donors (Lipinski definition) is 1. The number of benzene rings is 3. The van der Waals surface area contributed by atoms with Gasteiger partial charge < -0.3 is 0 Å². The van der Waals surface area contributed by atoms with Crippen molar-refractivity contribution < 1.29 is 8.42 Å². The van der Waals surface area contributed by atoms with Gasteiger partial charge in [0.1, 0.15) is 5.84 Å². The van der Waals surface area contributed by atoms with Crippen LogP contribution in [0.5, 0.6) is 0 Å². The minimum Gasteiger partial charge on any atom is -0.267 e. The number of amidine groups is 1. The second kappa shape index (κ2) is 5.76.